The number of fused-ring (bicyclic) bond motifs is 1. The van der Waals surface area contributed by atoms with Crippen LogP contribution in [0.4, 0.5) is 11.5 Å². The van der Waals surface area contributed by atoms with Crippen molar-refractivity contribution >= 4 is 28.6 Å². The predicted molar refractivity (Wildman–Crippen MR) is 170 cm³/mol. The number of likely N-dealkylation sites (N-methyl/N-ethyl adjacent to an activating group) is 2. The number of nitrogens with zero attached hydrogens (tertiary/aromatic N) is 6. The standard InChI is InChI=1S/C33H33N7O4/c1-37(22-14-15-22)18-8-13-29(41)38(2)23-9-7-10-24(19-23)40-32-30(31(34)35-21-36-32)39(33(40)42)25-16-17-27(28(20-25)43-3)44-26-11-5-4-6-12-26/h4-13,16-17,19-22H,14-15,18H2,1-3H3,(H2,34,35,36). The van der Waals surface area contributed by atoms with Crippen molar-refractivity contribution in [1.82, 2.24) is 24.0 Å². The first kappa shape index (κ1) is 28.7. The molecule has 224 valence electrons. The molecule has 6 rings (SSSR count). The molecule has 1 amide bonds. The zero-order valence-corrected chi connectivity index (χ0v) is 24.8. The molecule has 0 atom stereocenters. The monoisotopic (exact) mass is 591 g/mol. The fourth-order valence-corrected chi connectivity index (χ4v) is 5.08. The second kappa shape index (κ2) is 12.1. The first-order valence-electron chi connectivity index (χ1n) is 14.3. The summed E-state index contributed by atoms with van der Waals surface area (Å²) in [7, 11) is 5.30. The number of hydrogen-bond acceptors (Lipinski definition) is 8. The molecule has 0 bridgehead atoms. The number of anilines is 2. The SMILES string of the molecule is COc1cc(-n2c(=O)n(-c3cccc(N(C)C(=O)C=CCN(C)C4CC4)c3)c3ncnc(N)c32)ccc1Oc1ccccc1. The molecule has 44 heavy (non-hydrogen) atoms. The van der Waals surface area contributed by atoms with Gasteiger partial charge in [-0.15, -0.1) is 0 Å². The van der Waals surface area contributed by atoms with E-state index in [1.807, 2.05) is 42.5 Å². The summed E-state index contributed by atoms with van der Waals surface area (Å²) < 4.78 is 14.5. The van der Waals surface area contributed by atoms with Crippen LogP contribution in [0.25, 0.3) is 22.5 Å². The van der Waals surface area contributed by atoms with Crippen molar-refractivity contribution in [2.45, 2.75) is 18.9 Å². The lowest BCUT2D eigenvalue weighted by Gasteiger charge is -2.17. The van der Waals surface area contributed by atoms with Crippen molar-refractivity contribution in [3.05, 3.63) is 102 Å². The van der Waals surface area contributed by atoms with Crippen LogP contribution >= 0.6 is 0 Å². The number of ether oxygens (including phenoxy) is 2. The second-order valence-corrected chi connectivity index (χ2v) is 10.6. The Kier molecular flexibility index (Phi) is 7.86. The Morgan fingerprint density at radius 1 is 0.977 bits per heavy atom. The van der Waals surface area contributed by atoms with E-state index in [-0.39, 0.29) is 11.7 Å². The molecule has 5 aromatic rings. The van der Waals surface area contributed by atoms with Gasteiger partial charge in [0, 0.05) is 37.5 Å². The van der Waals surface area contributed by atoms with Gasteiger partial charge in [0.05, 0.1) is 18.5 Å². The average Bonchev–Trinajstić information content (AvgIpc) is 3.85. The van der Waals surface area contributed by atoms with Crippen molar-refractivity contribution in [2.24, 2.45) is 0 Å². The summed E-state index contributed by atoms with van der Waals surface area (Å²) in [5, 5.41) is 0. The van der Waals surface area contributed by atoms with Gasteiger partial charge in [-0.05, 0) is 62.4 Å². The number of methoxy groups -OCH3 is 1. The molecule has 0 unspecified atom stereocenters. The fraction of sp³-hybridized carbons (Fsp3) is 0.212. The van der Waals surface area contributed by atoms with Crippen molar-refractivity contribution in [1.29, 1.82) is 0 Å². The van der Waals surface area contributed by atoms with E-state index < -0.39 is 5.69 Å². The highest BCUT2D eigenvalue weighted by atomic mass is 16.5. The average molecular weight is 592 g/mol. The first-order chi connectivity index (χ1) is 21.4. The van der Waals surface area contributed by atoms with E-state index >= 15 is 0 Å². The third-order valence-electron chi connectivity index (χ3n) is 7.66. The molecule has 2 aromatic heterocycles. The molecule has 1 aliphatic carbocycles. The van der Waals surface area contributed by atoms with E-state index in [9.17, 15) is 9.59 Å². The van der Waals surface area contributed by atoms with Crippen molar-refractivity contribution in [3.63, 3.8) is 0 Å². The van der Waals surface area contributed by atoms with Crippen LogP contribution in [0.1, 0.15) is 12.8 Å². The maximum absolute atomic E-state index is 14.1. The van der Waals surface area contributed by atoms with Crippen molar-refractivity contribution in [2.75, 3.05) is 38.4 Å². The highest BCUT2D eigenvalue weighted by Gasteiger charge is 2.25. The van der Waals surface area contributed by atoms with Gasteiger partial charge >= 0.3 is 5.69 Å². The van der Waals surface area contributed by atoms with Gasteiger partial charge < -0.3 is 20.1 Å². The quantitative estimate of drug-likeness (QED) is 0.235. The molecule has 2 heterocycles. The molecular weight excluding hydrogens is 558 g/mol. The van der Waals surface area contributed by atoms with E-state index in [1.165, 1.54) is 35.4 Å². The number of rotatable bonds is 10. The summed E-state index contributed by atoms with van der Waals surface area (Å²) in [4.78, 5) is 39.5. The van der Waals surface area contributed by atoms with Gasteiger partial charge in [-0.3, -0.25) is 14.3 Å². The molecule has 0 saturated heterocycles. The minimum absolute atomic E-state index is 0.138. The van der Waals surface area contributed by atoms with Crippen LogP contribution in [0, 0.1) is 0 Å². The van der Waals surface area contributed by atoms with Crippen molar-refractivity contribution < 1.29 is 14.3 Å². The van der Waals surface area contributed by atoms with Crippen molar-refractivity contribution in [3.8, 4) is 28.6 Å². The molecule has 0 spiro atoms. The van der Waals surface area contributed by atoms with Gasteiger partial charge in [0.1, 0.15) is 17.6 Å². The van der Waals surface area contributed by atoms with E-state index in [1.54, 1.807) is 54.4 Å². The Balaban J connectivity index is 1.36. The van der Waals surface area contributed by atoms with E-state index in [4.69, 9.17) is 15.2 Å². The van der Waals surface area contributed by atoms with E-state index in [2.05, 4.69) is 21.9 Å². The summed E-state index contributed by atoms with van der Waals surface area (Å²) in [6.45, 7) is 0.713. The summed E-state index contributed by atoms with van der Waals surface area (Å²) in [6.07, 6.45) is 7.19. The second-order valence-electron chi connectivity index (χ2n) is 10.6. The molecule has 1 saturated carbocycles. The number of aromatic nitrogens is 4. The fourth-order valence-electron chi connectivity index (χ4n) is 5.08. The highest BCUT2D eigenvalue weighted by molar-refractivity contribution is 6.01. The van der Waals surface area contributed by atoms with Gasteiger partial charge in [0.15, 0.2) is 23.0 Å². The van der Waals surface area contributed by atoms with Crippen LogP contribution in [0.2, 0.25) is 0 Å². The Labute approximate surface area is 254 Å². The molecule has 0 radical (unpaired) electrons. The summed E-state index contributed by atoms with van der Waals surface area (Å²) in [5.41, 5.74) is 8.19. The number of carbonyl (C=O) groups excluding carboxylic acids is 1. The lowest BCUT2D eigenvalue weighted by molar-refractivity contribution is -0.113. The number of benzene rings is 3. The number of carbonyl (C=O) groups is 1. The number of nitrogen functional groups attached to an aromatic ring is 1. The minimum atomic E-state index is -0.417. The third-order valence-corrected chi connectivity index (χ3v) is 7.66. The number of amides is 1. The maximum Gasteiger partial charge on any atom is 0.339 e. The molecule has 3 aromatic carbocycles. The van der Waals surface area contributed by atoms with Gasteiger partial charge in [0.25, 0.3) is 0 Å². The van der Waals surface area contributed by atoms with Crippen LogP contribution in [0.15, 0.2) is 96.1 Å². The normalized spacial score (nSPS) is 13.1. The molecule has 11 nitrogen and oxygen atoms in total. The number of para-hydroxylation sites is 1. The number of imidazole rings is 1. The van der Waals surface area contributed by atoms with Gasteiger partial charge in [0.2, 0.25) is 5.91 Å². The van der Waals surface area contributed by atoms with Gasteiger partial charge in [-0.25, -0.2) is 19.3 Å². The lowest BCUT2D eigenvalue weighted by atomic mass is 10.2. The number of hydrogen-bond donors (Lipinski definition) is 1. The Bertz CT molecular complexity index is 1910. The number of nitrogens with two attached hydrogens (primary N) is 1. The molecule has 1 fully saturated rings. The summed E-state index contributed by atoms with van der Waals surface area (Å²) >= 11 is 0. The predicted octanol–water partition coefficient (Wildman–Crippen LogP) is 4.57. The zero-order valence-electron chi connectivity index (χ0n) is 24.8. The maximum atomic E-state index is 14.1. The van der Waals surface area contributed by atoms with Gasteiger partial charge in [-0.2, -0.15) is 0 Å². The molecule has 11 heteroatoms. The highest BCUT2D eigenvalue weighted by Crippen LogP contribution is 2.34. The topological polar surface area (TPSA) is 121 Å². The minimum Gasteiger partial charge on any atom is -0.493 e. The molecular formula is C33H33N7O4. The Morgan fingerprint density at radius 2 is 1.75 bits per heavy atom. The molecule has 1 aliphatic rings. The summed E-state index contributed by atoms with van der Waals surface area (Å²) in [6, 6.07) is 22.3. The molecule has 2 N–H and O–H groups in total. The first-order valence-corrected chi connectivity index (χ1v) is 14.3. The Morgan fingerprint density at radius 3 is 2.50 bits per heavy atom. The van der Waals surface area contributed by atoms with Crippen LogP contribution < -0.4 is 25.8 Å². The third kappa shape index (κ3) is 5.64. The van der Waals surface area contributed by atoms with Gasteiger partial charge in [-0.1, -0.05) is 30.3 Å². The van der Waals surface area contributed by atoms with Crippen LogP contribution in [0.3, 0.4) is 0 Å². The smallest absolute Gasteiger partial charge is 0.339 e. The van der Waals surface area contributed by atoms with Crippen LogP contribution in [0.5, 0.6) is 17.2 Å². The Hall–Kier alpha value is -5.42. The van der Waals surface area contributed by atoms with Crippen LogP contribution in [-0.4, -0.2) is 63.7 Å². The van der Waals surface area contributed by atoms with Crippen LogP contribution in [-0.2, 0) is 4.79 Å². The summed E-state index contributed by atoms with van der Waals surface area (Å²) in [5.74, 6) is 1.52. The lowest BCUT2D eigenvalue weighted by Crippen LogP contribution is -2.26. The van der Waals surface area contributed by atoms with E-state index in [0.29, 0.717) is 58.1 Å². The largest absolute Gasteiger partial charge is 0.493 e. The van der Waals surface area contributed by atoms with E-state index in [0.717, 1.165) is 0 Å². The molecule has 0 aliphatic heterocycles. The zero-order chi connectivity index (χ0) is 30.8.